The Kier molecular flexibility index (Phi) is 6.55. The number of aliphatic hydroxyl groups is 1. The summed E-state index contributed by atoms with van der Waals surface area (Å²) in [5.41, 5.74) is 1.85. The van der Waals surface area contributed by atoms with E-state index in [1.165, 1.54) is 0 Å². The van der Waals surface area contributed by atoms with Crippen molar-refractivity contribution in [2.45, 2.75) is 38.8 Å². The van der Waals surface area contributed by atoms with Gasteiger partial charge < -0.3 is 15.7 Å². The van der Waals surface area contributed by atoms with Crippen LogP contribution in [-0.4, -0.2) is 22.7 Å². The van der Waals surface area contributed by atoms with Gasteiger partial charge in [-0.2, -0.15) is 0 Å². The minimum absolute atomic E-state index is 0.0152. The molecule has 0 aliphatic heterocycles. The third kappa shape index (κ3) is 5.04. The SMILES string of the molecule is CCc1nc(C(C)NC(=O)N[C@H](CCO)c2ccccc2)cs1. The van der Waals surface area contributed by atoms with Gasteiger partial charge >= 0.3 is 6.03 Å². The van der Waals surface area contributed by atoms with Gasteiger partial charge in [0.05, 0.1) is 22.8 Å². The summed E-state index contributed by atoms with van der Waals surface area (Å²) in [6.45, 7) is 3.99. The van der Waals surface area contributed by atoms with Gasteiger partial charge in [-0.05, 0) is 25.3 Å². The highest BCUT2D eigenvalue weighted by atomic mass is 32.1. The van der Waals surface area contributed by atoms with Crippen LogP contribution < -0.4 is 10.6 Å². The molecule has 0 saturated carbocycles. The maximum Gasteiger partial charge on any atom is 0.315 e. The fourth-order valence-electron chi connectivity index (χ4n) is 2.29. The van der Waals surface area contributed by atoms with Crippen LogP contribution in [0.1, 0.15) is 48.6 Å². The number of nitrogens with one attached hydrogen (secondary N) is 2. The molecule has 0 aliphatic carbocycles. The van der Waals surface area contributed by atoms with E-state index in [-0.39, 0.29) is 24.7 Å². The molecule has 1 unspecified atom stereocenters. The Morgan fingerprint density at radius 2 is 2.04 bits per heavy atom. The number of rotatable bonds is 7. The van der Waals surface area contributed by atoms with Gasteiger partial charge in [0, 0.05) is 12.0 Å². The van der Waals surface area contributed by atoms with Crippen molar-refractivity contribution in [2.75, 3.05) is 6.61 Å². The Morgan fingerprint density at radius 3 is 2.65 bits per heavy atom. The molecule has 5 nitrogen and oxygen atoms in total. The number of aromatic nitrogens is 1. The van der Waals surface area contributed by atoms with Gasteiger partial charge in [0.25, 0.3) is 0 Å². The molecule has 2 rings (SSSR count). The van der Waals surface area contributed by atoms with Gasteiger partial charge in [-0.1, -0.05) is 37.3 Å². The quantitative estimate of drug-likeness (QED) is 0.728. The summed E-state index contributed by atoms with van der Waals surface area (Å²) < 4.78 is 0. The number of benzene rings is 1. The normalized spacial score (nSPS) is 13.3. The average Bonchev–Trinajstić information content (AvgIpc) is 3.04. The van der Waals surface area contributed by atoms with Crippen molar-refractivity contribution in [3.05, 3.63) is 52.0 Å². The van der Waals surface area contributed by atoms with Crippen molar-refractivity contribution in [3.8, 4) is 0 Å². The Hall–Kier alpha value is -1.92. The minimum atomic E-state index is -0.258. The Balaban J connectivity index is 1.96. The molecule has 1 heterocycles. The molecule has 0 spiro atoms. The highest BCUT2D eigenvalue weighted by Crippen LogP contribution is 2.18. The topological polar surface area (TPSA) is 74.2 Å². The van der Waals surface area contributed by atoms with Crippen LogP contribution in [0.15, 0.2) is 35.7 Å². The summed E-state index contributed by atoms with van der Waals surface area (Å²) in [6, 6.07) is 9.02. The lowest BCUT2D eigenvalue weighted by atomic mass is 10.0. The van der Waals surface area contributed by atoms with E-state index in [0.29, 0.717) is 6.42 Å². The molecule has 6 heteroatoms. The molecular weight excluding hydrogens is 310 g/mol. The number of carbonyl (C=O) groups excluding carboxylic acids is 1. The van der Waals surface area contributed by atoms with E-state index in [2.05, 4.69) is 22.5 Å². The van der Waals surface area contributed by atoms with Crippen molar-refractivity contribution < 1.29 is 9.90 Å². The lowest BCUT2D eigenvalue weighted by Crippen LogP contribution is -2.39. The molecule has 0 saturated heterocycles. The van der Waals surface area contributed by atoms with E-state index in [1.807, 2.05) is 42.6 Å². The molecular formula is C17H23N3O2S. The van der Waals surface area contributed by atoms with Crippen LogP contribution in [0, 0.1) is 0 Å². The summed E-state index contributed by atoms with van der Waals surface area (Å²) in [5, 5.41) is 18.1. The van der Waals surface area contributed by atoms with Gasteiger partial charge in [0.15, 0.2) is 0 Å². The maximum absolute atomic E-state index is 12.2. The molecule has 2 aromatic rings. The van der Waals surface area contributed by atoms with Crippen LogP contribution in [0.2, 0.25) is 0 Å². The minimum Gasteiger partial charge on any atom is -0.396 e. The van der Waals surface area contributed by atoms with E-state index >= 15 is 0 Å². The molecule has 2 amide bonds. The summed E-state index contributed by atoms with van der Waals surface area (Å²) >= 11 is 1.61. The van der Waals surface area contributed by atoms with Gasteiger partial charge in [0.2, 0.25) is 0 Å². The number of amides is 2. The van der Waals surface area contributed by atoms with Gasteiger partial charge in [0.1, 0.15) is 0 Å². The lowest BCUT2D eigenvalue weighted by Gasteiger charge is -2.20. The van der Waals surface area contributed by atoms with Crippen LogP contribution in [0.25, 0.3) is 0 Å². The third-order valence-electron chi connectivity index (χ3n) is 3.59. The molecule has 0 aliphatic rings. The molecule has 1 aromatic carbocycles. The smallest absolute Gasteiger partial charge is 0.315 e. The zero-order chi connectivity index (χ0) is 16.7. The van der Waals surface area contributed by atoms with Gasteiger partial charge in [-0.25, -0.2) is 9.78 Å². The second kappa shape index (κ2) is 8.64. The van der Waals surface area contributed by atoms with Crippen LogP contribution in [0.5, 0.6) is 0 Å². The highest BCUT2D eigenvalue weighted by molar-refractivity contribution is 7.09. The van der Waals surface area contributed by atoms with Crippen molar-refractivity contribution in [1.82, 2.24) is 15.6 Å². The lowest BCUT2D eigenvalue weighted by molar-refractivity contribution is 0.226. The van der Waals surface area contributed by atoms with Crippen molar-refractivity contribution >= 4 is 17.4 Å². The standard InChI is InChI=1S/C17H23N3O2S/c1-3-16-19-15(11-23-16)12(2)18-17(22)20-14(9-10-21)13-7-5-4-6-8-13/h4-8,11-12,14,21H,3,9-10H2,1-2H3,(H2,18,20,22)/t12?,14-/m1/s1. The average molecular weight is 333 g/mol. The number of nitrogens with zero attached hydrogens (tertiary/aromatic N) is 1. The van der Waals surface area contributed by atoms with Crippen molar-refractivity contribution in [3.63, 3.8) is 0 Å². The van der Waals surface area contributed by atoms with E-state index in [0.717, 1.165) is 22.7 Å². The fourth-order valence-corrected chi connectivity index (χ4v) is 3.13. The maximum atomic E-state index is 12.2. The molecule has 0 radical (unpaired) electrons. The van der Waals surface area contributed by atoms with Crippen molar-refractivity contribution in [2.24, 2.45) is 0 Å². The number of urea groups is 1. The second-order valence-electron chi connectivity index (χ2n) is 5.33. The second-order valence-corrected chi connectivity index (χ2v) is 6.28. The molecule has 0 bridgehead atoms. The van der Waals surface area contributed by atoms with E-state index in [4.69, 9.17) is 0 Å². The van der Waals surface area contributed by atoms with Gasteiger partial charge in [-0.3, -0.25) is 0 Å². The molecule has 124 valence electrons. The van der Waals surface area contributed by atoms with Crippen LogP contribution in [0.3, 0.4) is 0 Å². The monoisotopic (exact) mass is 333 g/mol. The highest BCUT2D eigenvalue weighted by Gasteiger charge is 2.17. The molecule has 23 heavy (non-hydrogen) atoms. The van der Waals surface area contributed by atoms with Crippen LogP contribution in [-0.2, 0) is 6.42 Å². The van der Waals surface area contributed by atoms with E-state index in [1.54, 1.807) is 11.3 Å². The predicted molar refractivity (Wildman–Crippen MR) is 92.5 cm³/mol. The van der Waals surface area contributed by atoms with Crippen LogP contribution in [0.4, 0.5) is 4.79 Å². The zero-order valence-corrected chi connectivity index (χ0v) is 14.3. The summed E-state index contributed by atoms with van der Waals surface area (Å²) in [7, 11) is 0. The number of carbonyl (C=O) groups is 1. The molecule has 0 fully saturated rings. The third-order valence-corrected chi connectivity index (χ3v) is 4.60. The first-order valence-corrected chi connectivity index (χ1v) is 8.69. The van der Waals surface area contributed by atoms with Crippen LogP contribution >= 0.6 is 11.3 Å². The summed E-state index contributed by atoms with van der Waals surface area (Å²) in [4.78, 5) is 16.7. The number of thiazole rings is 1. The fraction of sp³-hybridized carbons (Fsp3) is 0.412. The zero-order valence-electron chi connectivity index (χ0n) is 13.5. The van der Waals surface area contributed by atoms with Crippen molar-refractivity contribution in [1.29, 1.82) is 0 Å². The molecule has 2 atom stereocenters. The van der Waals surface area contributed by atoms with E-state index in [9.17, 15) is 9.90 Å². The largest absolute Gasteiger partial charge is 0.396 e. The Morgan fingerprint density at radius 1 is 1.30 bits per heavy atom. The van der Waals surface area contributed by atoms with E-state index < -0.39 is 0 Å². The first-order valence-electron chi connectivity index (χ1n) is 7.81. The summed E-state index contributed by atoms with van der Waals surface area (Å²) in [5.74, 6) is 0. The number of hydrogen-bond acceptors (Lipinski definition) is 4. The number of hydrogen-bond donors (Lipinski definition) is 3. The molecule has 3 N–H and O–H groups in total. The first kappa shape index (κ1) is 17.4. The summed E-state index contributed by atoms with van der Waals surface area (Å²) in [6.07, 6.45) is 1.37. The predicted octanol–water partition coefficient (Wildman–Crippen LogP) is 3.19. The number of aliphatic hydroxyl groups excluding tert-OH is 1. The first-order chi connectivity index (χ1) is 11.1. The Bertz CT molecular complexity index is 615. The Labute approximate surface area is 140 Å². The van der Waals surface area contributed by atoms with Gasteiger partial charge in [-0.15, -0.1) is 11.3 Å². The number of aryl methyl sites for hydroxylation is 1. The molecule has 1 aromatic heterocycles.